The Balaban J connectivity index is 2.21. The van der Waals surface area contributed by atoms with Gasteiger partial charge in [-0.2, -0.15) is 0 Å². The molecule has 0 radical (unpaired) electrons. The van der Waals surface area contributed by atoms with E-state index in [4.69, 9.17) is 0 Å². The van der Waals surface area contributed by atoms with Gasteiger partial charge in [-0.05, 0) is 60.1 Å². The highest BCUT2D eigenvalue weighted by molar-refractivity contribution is 8.00. The number of benzene rings is 2. The standard InChI is InChI=1S/C24H33NO2S/c1-15-9-10-17(11-16(15)2)25-21(26)14-28-18-12-19(23(3,4)5)22(27)20(13-18)24(6,7)8/h9-13,27H,14H2,1-8H3,(H,25,26). The predicted octanol–water partition coefficient (Wildman–Crippen LogP) is 6.33. The maximum absolute atomic E-state index is 12.4. The summed E-state index contributed by atoms with van der Waals surface area (Å²) in [7, 11) is 0. The molecule has 3 nitrogen and oxygen atoms in total. The molecule has 0 saturated heterocycles. The van der Waals surface area contributed by atoms with Crippen molar-refractivity contribution in [3.63, 3.8) is 0 Å². The average Bonchev–Trinajstić information content (AvgIpc) is 2.55. The van der Waals surface area contributed by atoms with Gasteiger partial charge in [-0.15, -0.1) is 11.8 Å². The SMILES string of the molecule is Cc1ccc(NC(=O)CSc2cc(C(C)(C)C)c(O)c(C(C)(C)C)c2)cc1C. The number of aryl methyl sites for hydroxylation is 2. The normalized spacial score (nSPS) is 12.1. The molecule has 2 rings (SSSR count). The summed E-state index contributed by atoms with van der Waals surface area (Å²) in [4.78, 5) is 13.4. The van der Waals surface area contributed by atoms with E-state index in [1.165, 1.54) is 17.3 Å². The third-order valence-corrected chi connectivity index (χ3v) is 5.84. The molecule has 0 aliphatic carbocycles. The Hall–Kier alpha value is -1.94. The highest BCUT2D eigenvalue weighted by Gasteiger charge is 2.26. The lowest BCUT2D eigenvalue weighted by molar-refractivity contribution is -0.113. The number of aromatic hydroxyl groups is 1. The van der Waals surface area contributed by atoms with Crippen molar-refractivity contribution in [3.8, 4) is 5.75 Å². The minimum atomic E-state index is -0.178. The van der Waals surface area contributed by atoms with Gasteiger partial charge in [0.15, 0.2) is 0 Å². The third kappa shape index (κ3) is 5.54. The molecule has 1 amide bonds. The average molecular weight is 400 g/mol. The van der Waals surface area contributed by atoms with Gasteiger partial charge >= 0.3 is 0 Å². The molecule has 0 atom stereocenters. The van der Waals surface area contributed by atoms with E-state index in [0.29, 0.717) is 11.5 Å². The van der Waals surface area contributed by atoms with E-state index < -0.39 is 0 Å². The van der Waals surface area contributed by atoms with E-state index in [2.05, 4.69) is 53.8 Å². The molecule has 0 saturated carbocycles. The van der Waals surface area contributed by atoms with E-state index in [0.717, 1.165) is 27.3 Å². The van der Waals surface area contributed by atoms with Gasteiger partial charge in [0, 0.05) is 21.7 Å². The fourth-order valence-electron chi connectivity index (χ4n) is 3.00. The first kappa shape index (κ1) is 22.4. The molecule has 0 aliphatic rings. The molecule has 2 aromatic rings. The van der Waals surface area contributed by atoms with Crippen molar-refractivity contribution >= 4 is 23.4 Å². The van der Waals surface area contributed by atoms with Crippen molar-refractivity contribution < 1.29 is 9.90 Å². The number of anilines is 1. The second kappa shape index (κ2) is 8.20. The van der Waals surface area contributed by atoms with Crippen molar-refractivity contribution in [1.29, 1.82) is 0 Å². The molecular formula is C24H33NO2S. The Morgan fingerprint density at radius 3 is 1.93 bits per heavy atom. The van der Waals surface area contributed by atoms with Crippen LogP contribution in [0, 0.1) is 13.8 Å². The minimum Gasteiger partial charge on any atom is -0.507 e. The van der Waals surface area contributed by atoms with Crippen LogP contribution in [0.4, 0.5) is 5.69 Å². The smallest absolute Gasteiger partial charge is 0.234 e. The summed E-state index contributed by atoms with van der Waals surface area (Å²) in [6.07, 6.45) is 0. The molecular weight excluding hydrogens is 366 g/mol. The monoisotopic (exact) mass is 399 g/mol. The Morgan fingerprint density at radius 2 is 1.46 bits per heavy atom. The number of thioether (sulfide) groups is 1. The Bertz CT molecular complexity index is 838. The van der Waals surface area contributed by atoms with E-state index >= 15 is 0 Å². The van der Waals surface area contributed by atoms with Gasteiger partial charge < -0.3 is 10.4 Å². The molecule has 2 N–H and O–H groups in total. The van der Waals surface area contributed by atoms with Gasteiger partial charge in [-0.1, -0.05) is 47.6 Å². The summed E-state index contributed by atoms with van der Waals surface area (Å²) in [6.45, 7) is 16.7. The number of hydrogen-bond acceptors (Lipinski definition) is 3. The maximum Gasteiger partial charge on any atom is 0.234 e. The quantitative estimate of drug-likeness (QED) is 0.590. The summed E-state index contributed by atoms with van der Waals surface area (Å²) < 4.78 is 0. The number of carbonyl (C=O) groups excluding carboxylic acids is 1. The molecule has 0 unspecified atom stereocenters. The summed E-state index contributed by atoms with van der Waals surface area (Å²) >= 11 is 1.50. The zero-order valence-corrected chi connectivity index (χ0v) is 19.2. The maximum atomic E-state index is 12.4. The second-order valence-electron chi connectivity index (χ2n) is 9.50. The molecule has 152 valence electrons. The van der Waals surface area contributed by atoms with Crippen LogP contribution in [0.2, 0.25) is 0 Å². The summed E-state index contributed by atoms with van der Waals surface area (Å²) in [5.74, 6) is 0.657. The number of phenolic OH excluding ortho intramolecular Hbond substituents is 1. The van der Waals surface area contributed by atoms with Gasteiger partial charge in [0.2, 0.25) is 5.91 Å². The van der Waals surface area contributed by atoms with Crippen molar-refractivity contribution in [2.75, 3.05) is 11.1 Å². The van der Waals surface area contributed by atoms with Crippen LogP contribution in [0.15, 0.2) is 35.2 Å². The van der Waals surface area contributed by atoms with Gasteiger partial charge in [0.25, 0.3) is 0 Å². The first-order chi connectivity index (χ1) is 12.8. The number of rotatable bonds is 4. The Morgan fingerprint density at radius 1 is 0.929 bits per heavy atom. The second-order valence-corrected chi connectivity index (χ2v) is 10.6. The number of phenols is 1. The fraction of sp³-hybridized carbons (Fsp3) is 0.458. The third-order valence-electron chi connectivity index (χ3n) is 4.86. The lowest BCUT2D eigenvalue weighted by atomic mass is 9.79. The number of carbonyl (C=O) groups is 1. The molecule has 0 bridgehead atoms. The number of hydrogen-bond donors (Lipinski definition) is 2. The van der Waals surface area contributed by atoms with E-state index in [-0.39, 0.29) is 16.7 Å². The summed E-state index contributed by atoms with van der Waals surface area (Å²) in [5.41, 5.74) is 4.67. The van der Waals surface area contributed by atoms with Crippen LogP contribution in [0.25, 0.3) is 0 Å². The van der Waals surface area contributed by atoms with Crippen LogP contribution < -0.4 is 5.32 Å². The molecule has 0 spiro atoms. The first-order valence-corrected chi connectivity index (χ1v) is 10.7. The van der Waals surface area contributed by atoms with Gasteiger partial charge in [0.1, 0.15) is 5.75 Å². The van der Waals surface area contributed by atoms with Crippen LogP contribution in [-0.2, 0) is 15.6 Å². The molecule has 0 heterocycles. The van der Waals surface area contributed by atoms with E-state index in [1.54, 1.807) is 0 Å². The highest BCUT2D eigenvalue weighted by atomic mass is 32.2. The fourth-order valence-corrected chi connectivity index (χ4v) is 3.77. The van der Waals surface area contributed by atoms with Gasteiger partial charge in [-0.3, -0.25) is 4.79 Å². The first-order valence-electron chi connectivity index (χ1n) is 9.67. The lowest BCUT2D eigenvalue weighted by Gasteiger charge is -2.28. The lowest BCUT2D eigenvalue weighted by Crippen LogP contribution is -2.18. The van der Waals surface area contributed by atoms with Gasteiger partial charge in [-0.25, -0.2) is 0 Å². The molecule has 0 fully saturated rings. The van der Waals surface area contributed by atoms with Crippen LogP contribution >= 0.6 is 11.8 Å². The van der Waals surface area contributed by atoms with Gasteiger partial charge in [0.05, 0.1) is 5.75 Å². The largest absolute Gasteiger partial charge is 0.507 e. The number of amides is 1. The Kier molecular flexibility index (Phi) is 6.55. The van der Waals surface area contributed by atoms with Crippen LogP contribution in [0.3, 0.4) is 0 Å². The molecule has 0 aliphatic heterocycles. The summed E-state index contributed by atoms with van der Waals surface area (Å²) in [5, 5.41) is 13.8. The number of nitrogens with one attached hydrogen (secondary N) is 1. The molecule has 28 heavy (non-hydrogen) atoms. The zero-order chi connectivity index (χ0) is 21.3. The van der Waals surface area contributed by atoms with Crippen LogP contribution in [-0.4, -0.2) is 16.8 Å². The van der Waals surface area contributed by atoms with Crippen molar-refractivity contribution in [3.05, 3.63) is 52.6 Å². The predicted molar refractivity (Wildman–Crippen MR) is 121 cm³/mol. The zero-order valence-electron chi connectivity index (χ0n) is 18.4. The molecule has 0 aromatic heterocycles. The van der Waals surface area contributed by atoms with Crippen molar-refractivity contribution in [2.45, 2.75) is 71.1 Å². The Labute approximate surface area is 173 Å². The van der Waals surface area contributed by atoms with E-state index in [9.17, 15) is 9.90 Å². The van der Waals surface area contributed by atoms with E-state index in [1.807, 2.05) is 37.3 Å². The van der Waals surface area contributed by atoms with Crippen molar-refractivity contribution in [2.24, 2.45) is 0 Å². The van der Waals surface area contributed by atoms with Crippen molar-refractivity contribution in [1.82, 2.24) is 0 Å². The van der Waals surface area contributed by atoms with Crippen LogP contribution in [0.1, 0.15) is 63.8 Å². The van der Waals surface area contributed by atoms with Crippen LogP contribution in [0.5, 0.6) is 5.75 Å². The molecule has 2 aromatic carbocycles. The molecule has 4 heteroatoms. The topological polar surface area (TPSA) is 49.3 Å². The minimum absolute atomic E-state index is 0.0315. The highest BCUT2D eigenvalue weighted by Crippen LogP contribution is 2.41. The summed E-state index contributed by atoms with van der Waals surface area (Å²) in [6, 6.07) is 9.97.